The fraction of sp³-hybridized carbons (Fsp3) is 0.538. The predicted octanol–water partition coefficient (Wildman–Crippen LogP) is 5.71. The molecular weight excluding hydrogens is 281 g/mol. The minimum absolute atomic E-state index is 0.319. The van der Waals surface area contributed by atoms with Gasteiger partial charge in [-0.25, -0.2) is 0 Å². The molecule has 1 atom stereocenters. The van der Waals surface area contributed by atoms with Crippen molar-refractivity contribution in [2.45, 2.75) is 39.9 Å². The summed E-state index contributed by atoms with van der Waals surface area (Å²) < 4.78 is 32.4. The monoisotopic (exact) mass is 296 g/mol. The van der Waals surface area contributed by atoms with Crippen molar-refractivity contribution in [3.05, 3.63) is 33.8 Å². The first-order valence-electron chi connectivity index (χ1n) is 5.55. The zero-order valence-corrected chi connectivity index (χ0v) is 12.2. The Kier molecular flexibility index (Phi) is 4.63. The molecule has 1 aromatic carbocycles. The summed E-state index contributed by atoms with van der Waals surface area (Å²) in [7, 11) is 0. The number of benzene rings is 1. The van der Waals surface area contributed by atoms with Gasteiger partial charge in [0.1, 0.15) is 0 Å². The third-order valence-electron chi connectivity index (χ3n) is 2.60. The molecule has 1 unspecified atom stereocenters. The van der Waals surface area contributed by atoms with Crippen molar-refractivity contribution < 1.29 is 13.5 Å². The molecule has 1 rings (SSSR count). The Hall–Kier alpha value is -0.380. The standard InChI is InChI=1S/C13H16Cl2F2O/c1-8(18-13(16,17)12(2,3)4)10-6-5-9(14)7-11(10)15/h5-8H,1-4H3. The third kappa shape index (κ3) is 3.56. The molecule has 18 heavy (non-hydrogen) atoms. The minimum atomic E-state index is -3.24. The molecule has 0 amide bonds. The van der Waals surface area contributed by atoms with Crippen LogP contribution in [0.3, 0.4) is 0 Å². The Balaban J connectivity index is 2.92. The summed E-state index contributed by atoms with van der Waals surface area (Å²) in [5.41, 5.74) is -0.787. The number of hydrogen-bond acceptors (Lipinski definition) is 1. The summed E-state index contributed by atoms with van der Waals surface area (Å²) in [5, 5.41) is 0.776. The van der Waals surface area contributed by atoms with Crippen LogP contribution in [0.2, 0.25) is 10.0 Å². The molecule has 0 saturated heterocycles. The topological polar surface area (TPSA) is 9.23 Å². The van der Waals surface area contributed by atoms with Crippen LogP contribution in [-0.4, -0.2) is 6.11 Å². The summed E-state index contributed by atoms with van der Waals surface area (Å²) in [6.07, 6.45) is -4.06. The van der Waals surface area contributed by atoms with Crippen molar-refractivity contribution in [3.8, 4) is 0 Å². The molecule has 102 valence electrons. The zero-order chi connectivity index (χ0) is 14.1. The average molecular weight is 297 g/mol. The molecule has 1 aromatic rings. The number of hydrogen-bond donors (Lipinski definition) is 0. The summed E-state index contributed by atoms with van der Waals surface area (Å²) in [4.78, 5) is 0. The lowest BCUT2D eigenvalue weighted by Crippen LogP contribution is -2.37. The molecule has 0 aromatic heterocycles. The molecule has 1 nitrogen and oxygen atoms in total. The van der Waals surface area contributed by atoms with E-state index in [0.717, 1.165) is 0 Å². The first-order chi connectivity index (χ1) is 8.04. The normalized spacial score (nSPS) is 14.7. The Bertz CT molecular complexity index is 427. The molecular formula is C13H16Cl2F2O. The Morgan fingerprint density at radius 2 is 1.72 bits per heavy atom. The quantitative estimate of drug-likeness (QED) is 0.694. The van der Waals surface area contributed by atoms with Crippen LogP contribution >= 0.6 is 23.2 Å². The van der Waals surface area contributed by atoms with E-state index >= 15 is 0 Å². The van der Waals surface area contributed by atoms with E-state index in [1.807, 2.05) is 0 Å². The fourth-order valence-corrected chi connectivity index (χ4v) is 1.86. The van der Waals surface area contributed by atoms with Crippen molar-refractivity contribution in [2.24, 2.45) is 5.41 Å². The van der Waals surface area contributed by atoms with Crippen molar-refractivity contribution in [1.82, 2.24) is 0 Å². The molecule has 0 bridgehead atoms. The molecule has 0 radical (unpaired) electrons. The van der Waals surface area contributed by atoms with Gasteiger partial charge in [-0.3, -0.25) is 0 Å². The number of alkyl halides is 2. The summed E-state index contributed by atoms with van der Waals surface area (Å²) in [5.74, 6) is 0. The van der Waals surface area contributed by atoms with Crippen LogP contribution in [0.25, 0.3) is 0 Å². The van der Waals surface area contributed by atoms with Gasteiger partial charge in [-0.1, -0.05) is 50.0 Å². The van der Waals surface area contributed by atoms with Crippen LogP contribution in [0.4, 0.5) is 8.78 Å². The van der Waals surface area contributed by atoms with Crippen LogP contribution in [0.15, 0.2) is 18.2 Å². The lowest BCUT2D eigenvalue weighted by atomic mass is 9.95. The van der Waals surface area contributed by atoms with E-state index in [-0.39, 0.29) is 0 Å². The lowest BCUT2D eigenvalue weighted by molar-refractivity contribution is -0.313. The SMILES string of the molecule is CC(OC(F)(F)C(C)(C)C)c1ccc(Cl)cc1Cl. The number of ether oxygens (including phenoxy) is 1. The highest BCUT2D eigenvalue weighted by Gasteiger charge is 2.46. The summed E-state index contributed by atoms with van der Waals surface area (Å²) in [6.45, 7) is 5.80. The molecule has 0 aliphatic heterocycles. The second-order valence-corrected chi connectivity index (χ2v) is 6.04. The van der Waals surface area contributed by atoms with Crippen LogP contribution < -0.4 is 0 Å². The maximum Gasteiger partial charge on any atom is 0.361 e. The maximum atomic E-state index is 13.8. The van der Waals surface area contributed by atoms with E-state index in [1.165, 1.54) is 33.8 Å². The lowest BCUT2D eigenvalue weighted by Gasteiger charge is -2.32. The molecule has 0 spiro atoms. The molecule has 0 aliphatic carbocycles. The van der Waals surface area contributed by atoms with Crippen LogP contribution in [0, 0.1) is 5.41 Å². The smallest absolute Gasteiger partial charge is 0.312 e. The number of halogens is 4. The van der Waals surface area contributed by atoms with Gasteiger partial charge in [0, 0.05) is 10.0 Å². The Morgan fingerprint density at radius 3 is 2.17 bits per heavy atom. The van der Waals surface area contributed by atoms with Gasteiger partial charge in [0.2, 0.25) is 0 Å². The van der Waals surface area contributed by atoms with E-state index in [1.54, 1.807) is 12.1 Å². The average Bonchev–Trinajstić information content (AvgIpc) is 2.14. The Labute approximate surface area is 116 Å². The summed E-state index contributed by atoms with van der Waals surface area (Å²) >= 11 is 11.7. The van der Waals surface area contributed by atoms with E-state index in [9.17, 15) is 8.78 Å². The Morgan fingerprint density at radius 1 is 1.17 bits per heavy atom. The van der Waals surface area contributed by atoms with Gasteiger partial charge < -0.3 is 4.74 Å². The van der Waals surface area contributed by atoms with E-state index < -0.39 is 17.6 Å². The van der Waals surface area contributed by atoms with Crippen molar-refractivity contribution >= 4 is 23.2 Å². The van der Waals surface area contributed by atoms with Gasteiger partial charge in [0.15, 0.2) is 0 Å². The van der Waals surface area contributed by atoms with Crippen LogP contribution in [0.1, 0.15) is 39.4 Å². The highest BCUT2D eigenvalue weighted by atomic mass is 35.5. The largest absolute Gasteiger partial charge is 0.361 e. The second kappa shape index (κ2) is 5.32. The van der Waals surface area contributed by atoms with Crippen molar-refractivity contribution in [2.75, 3.05) is 0 Å². The molecule has 0 heterocycles. The minimum Gasteiger partial charge on any atom is -0.312 e. The van der Waals surface area contributed by atoms with E-state index in [4.69, 9.17) is 27.9 Å². The van der Waals surface area contributed by atoms with E-state index in [2.05, 4.69) is 0 Å². The number of rotatable bonds is 3. The van der Waals surface area contributed by atoms with Gasteiger partial charge in [-0.05, 0) is 24.6 Å². The van der Waals surface area contributed by atoms with Crippen molar-refractivity contribution in [1.29, 1.82) is 0 Å². The second-order valence-electron chi connectivity index (χ2n) is 5.19. The molecule has 5 heteroatoms. The zero-order valence-electron chi connectivity index (χ0n) is 10.7. The van der Waals surface area contributed by atoms with Gasteiger partial charge in [0.25, 0.3) is 0 Å². The molecule has 0 fully saturated rings. The van der Waals surface area contributed by atoms with Gasteiger partial charge in [0.05, 0.1) is 11.5 Å². The fourth-order valence-electron chi connectivity index (χ4n) is 1.29. The highest BCUT2D eigenvalue weighted by molar-refractivity contribution is 6.35. The van der Waals surface area contributed by atoms with E-state index in [0.29, 0.717) is 15.6 Å². The molecule has 0 saturated carbocycles. The summed E-state index contributed by atoms with van der Waals surface area (Å²) in [6, 6.07) is 4.69. The predicted molar refractivity (Wildman–Crippen MR) is 70.4 cm³/mol. The van der Waals surface area contributed by atoms with Crippen LogP contribution in [-0.2, 0) is 4.74 Å². The first-order valence-corrected chi connectivity index (χ1v) is 6.31. The first kappa shape index (κ1) is 15.7. The van der Waals surface area contributed by atoms with Gasteiger partial charge in [-0.15, -0.1) is 0 Å². The molecule has 0 N–H and O–H groups in total. The highest BCUT2D eigenvalue weighted by Crippen LogP contribution is 2.41. The van der Waals surface area contributed by atoms with Gasteiger partial charge >= 0.3 is 6.11 Å². The third-order valence-corrected chi connectivity index (χ3v) is 3.16. The van der Waals surface area contributed by atoms with Crippen molar-refractivity contribution in [3.63, 3.8) is 0 Å². The maximum absolute atomic E-state index is 13.8. The molecule has 0 aliphatic rings. The van der Waals surface area contributed by atoms with Crippen LogP contribution in [0.5, 0.6) is 0 Å². The van der Waals surface area contributed by atoms with Gasteiger partial charge in [-0.2, -0.15) is 8.78 Å².